The standard InChI is InChI=1S/C11H17N3O3/c1-7(2)11-12-8(6-9(15)13-11)14(3)5-4-10(16)17/h6-7H,4-5H2,1-3H3,(H,16,17)(H,12,13,15). The van der Waals surface area contributed by atoms with E-state index in [1.807, 2.05) is 13.8 Å². The number of aliphatic carboxylic acids is 1. The molecule has 0 amide bonds. The first-order valence-electron chi connectivity index (χ1n) is 5.44. The van der Waals surface area contributed by atoms with Crippen molar-refractivity contribution in [1.82, 2.24) is 9.97 Å². The molecule has 0 saturated heterocycles. The third kappa shape index (κ3) is 3.90. The van der Waals surface area contributed by atoms with Crippen LogP contribution in [0.25, 0.3) is 0 Å². The van der Waals surface area contributed by atoms with Crippen molar-refractivity contribution in [3.05, 3.63) is 22.2 Å². The second kappa shape index (κ2) is 5.47. The molecule has 0 fully saturated rings. The average molecular weight is 239 g/mol. The van der Waals surface area contributed by atoms with E-state index < -0.39 is 5.97 Å². The molecule has 0 unspecified atom stereocenters. The van der Waals surface area contributed by atoms with Crippen molar-refractivity contribution in [3.8, 4) is 0 Å². The van der Waals surface area contributed by atoms with Crippen molar-refractivity contribution in [3.63, 3.8) is 0 Å². The monoisotopic (exact) mass is 239 g/mol. The zero-order valence-corrected chi connectivity index (χ0v) is 10.2. The first-order valence-corrected chi connectivity index (χ1v) is 5.44. The molecular weight excluding hydrogens is 222 g/mol. The maximum Gasteiger partial charge on any atom is 0.305 e. The molecule has 2 N–H and O–H groups in total. The first kappa shape index (κ1) is 13.2. The smallest absolute Gasteiger partial charge is 0.305 e. The van der Waals surface area contributed by atoms with Crippen LogP contribution in [0, 0.1) is 0 Å². The Balaban J connectivity index is 2.89. The number of hydrogen-bond donors (Lipinski definition) is 2. The number of aromatic amines is 1. The molecule has 0 radical (unpaired) electrons. The summed E-state index contributed by atoms with van der Waals surface area (Å²) in [6.45, 7) is 4.18. The predicted octanol–water partition coefficient (Wildman–Crippen LogP) is 0.804. The Hall–Kier alpha value is -1.85. The molecule has 1 rings (SSSR count). The Morgan fingerprint density at radius 2 is 2.24 bits per heavy atom. The number of nitrogens with zero attached hydrogens (tertiary/aromatic N) is 2. The van der Waals surface area contributed by atoms with Gasteiger partial charge < -0.3 is 15.0 Å². The van der Waals surface area contributed by atoms with Crippen LogP contribution in [0.5, 0.6) is 0 Å². The van der Waals surface area contributed by atoms with Crippen LogP contribution in [-0.4, -0.2) is 34.6 Å². The average Bonchev–Trinajstić information content (AvgIpc) is 2.24. The largest absolute Gasteiger partial charge is 0.481 e. The summed E-state index contributed by atoms with van der Waals surface area (Å²) in [5.41, 5.74) is -0.221. The summed E-state index contributed by atoms with van der Waals surface area (Å²) in [6.07, 6.45) is 0.0159. The van der Waals surface area contributed by atoms with Gasteiger partial charge in [0.05, 0.1) is 6.42 Å². The second-order valence-electron chi connectivity index (χ2n) is 4.21. The number of carboxylic acids is 1. The molecule has 0 spiro atoms. The highest BCUT2D eigenvalue weighted by atomic mass is 16.4. The molecule has 1 aromatic heterocycles. The van der Waals surface area contributed by atoms with Gasteiger partial charge in [-0.1, -0.05) is 13.8 Å². The second-order valence-corrected chi connectivity index (χ2v) is 4.21. The van der Waals surface area contributed by atoms with Gasteiger partial charge in [0, 0.05) is 25.6 Å². The number of aromatic nitrogens is 2. The van der Waals surface area contributed by atoms with Crippen molar-refractivity contribution in [2.75, 3.05) is 18.5 Å². The lowest BCUT2D eigenvalue weighted by Crippen LogP contribution is -2.25. The number of H-pyrrole nitrogens is 1. The van der Waals surface area contributed by atoms with E-state index in [0.717, 1.165) is 0 Å². The van der Waals surface area contributed by atoms with Gasteiger partial charge in [-0.15, -0.1) is 0 Å². The number of carboxylic acid groups (broad SMARTS) is 1. The highest BCUT2D eigenvalue weighted by Crippen LogP contribution is 2.11. The van der Waals surface area contributed by atoms with E-state index in [9.17, 15) is 9.59 Å². The molecule has 94 valence electrons. The van der Waals surface area contributed by atoms with E-state index in [2.05, 4.69) is 9.97 Å². The zero-order chi connectivity index (χ0) is 13.0. The van der Waals surface area contributed by atoms with Crippen LogP contribution in [0.2, 0.25) is 0 Å². The Labute approximate surface area is 99.3 Å². The number of hydrogen-bond acceptors (Lipinski definition) is 4. The van der Waals surface area contributed by atoms with Gasteiger partial charge in [0.1, 0.15) is 11.6 Å². The first-order chi connectivity index (χ1) is 7.90. The molecule has 0 aromatic carbocycles. The molecule has 1 aromatic rings. The fraction of sp³-hybridized carbons (Fsp3) is 0.545. The van der Waals surface area contributed by atoms with Gasteiger partial charge >= 0.3 is 5.97 Å². The van der Waals surface area contributed by atoms with Gasteiger partial charge in [-0.3, -0.25) is 9.59 Å². The van der Waals surface area contributed by atoms with Crippen LogP contribution < -0.4 is 10.5 Å². The van der Waals surface area contributed by atoms with Crippen LogP contribution in [0.15, 0.2) is 10.9 Å². The maximum absolute atomic E-state index is 11.4. The van der Waals surface area contributed by atoms with Crippen molar-refractivity contribution in [2.45, 2.75) is 26.2 Å². The lowest BCUT2D eigenvalue weighted by molar-refractivity contribution is -0.136. The van der Waals surface area contributed by atoms with Crippen molar-refractivity contribution in [2.24, 2.45) is 0 Å². The molecule has 6 nitrogen and oxygen atoms in total. The van der Waals surface area contributed by atoms with Gasteiger partial charge in [-0.25, -0.2) is 4.98 Å². The number of rotatable bonds is 5. The van der Waals surface area contributed by atoms with Crippen LogP contribution in [0.4, 0.5) is 5.82 Å². The molecule has 17 heavy (non-hydrogen) atoms. The third-order valence-electron chi connectivity index (χ3n) is 2.35. The third-order valence-corrected chi connectivity index (χ3v) is 2.35. The summed E-state index contributed by atoms with van der Waals surface area (Å²) in [5, 5.41) is 8.59. The highest BCUT2D eigenvalue weighted by molar-refractivity contribution is 5.67. The van der Waals surface area contributed by atoms with E-state index in [1.165, 1.54) is 6.07 Å². The Kier molecular flexibility index (Phi) is 4.25. The van der Waals surface area contributed by atoms with Crippen LogP contribution in [0.3, 0.4) is 0 Å². The summed E-state index contributed by atoms with van der Waals surface area (Å²) in [7, 11) is 1.72. The molecule has 6 heteroatoms. The number of nitrogens with one attached hydrogen (secondary N) is 1. The summed E-state index contributed by atoms with van der Waals surface area (Å²) in [4.78, 5) is 30.5. The van der Waals surface area contributed by atoms with E-state index >= 15 is 0 Å². The minimum Gasteiger partial charge on any atom is -0.481 e. The molecule has 0 bridgehead atoms. The lowest BCUT2D eigenvalue weighted by atomic mass is 10.2. The number of carbonyl (C=O) groups is 1. The molecular formula is C11H17N3O3. The minimum atomic E-state index is -0.870. The van der Waals surface area contributed by atoms with E-state index in [0.29, 0.717) is 18.2 Å². The lowest BCUT2D eigenvalue weighted by Gasteiger charge is -2.17. The van der Waals surface area contributed by atoms with Crippen molar-refractivity contribution < 1.29 is 9.90 Å². The molecule has 0 aliphatic carbocycles. The van der Waals surface area contributed by atoms with Gasteiger partial charge in [0.2, 0.25) is 0 Å². The Bertz CT molecular complexity index is 454. The van der Waals surface area contributed by atoms with Gasteiger partial charge in [0.15, 0.2) is 0 Å². The fourth-order valence-corrected chi connectivity index (χ4v) is 1.31. The van der Waals surface area contributed by atoms with Gasteiger partial charge in [-0.2, -0.15) is 0 Å². The van der Waals surface area contributed by atoms with Gasteiger partial charge in [0.25, 0.3) is 5.56 Å². The normalized spacial score (nSPS) is 10.6. The molecule has 0 atom stereocenters. The maximum atomic E-state index is 11.4. The quantitative estimate of drug-likeness (QED) is 0.793. The Morgan fingerprint density at radius 1 is 1.59 bits per heavy atom. The number of anilines is 1. The van der Waals surface area contributed by atoms with Gasteiger partial charge in [-0.05, 0) is 0 Å². The molecule has 1 heterocycles. The SMILES string of the molecule is CC(C)c1nc(N(C)CCC(=O)O)cc(=O)[nH]1. The van der Waals surface area contributed by atoms with E-state index in [1.54, 1.807) is 11.9 Å². The van der Waals surface area contributed by atoms with Crippen molar-refractivity contribution in [1.29, 1.82) is 0 Å². The molecule has 0 aliphatic heterocycles. The molecule has 0 aliphatic rings. The fourth-order valence-electron chi connectivity index (χ4n) is 1.31. The Morgan fingerprint density at radius 3 is 2.76 bits per heavy atom. The predicted molar refractivity (Wildman–Crippen MR) is 64.5 cm³/mol. The van der Waals surface area contributed by atoms with Crippen LogP contribution >= 0.6 is 0 Å². The summed E-state index contributed by atoms with van der Waals surface area (Å²) in [5.74, 6) is 0.356. The van der Waals surface area contributed by atoms with E-state index in [4.69, 9.17) is 5.11 Å². The molecule has 0 saturated carbocycles. The van der Waals surface area contributed by atoms with E-state index in [-0.39, 0.29) is 17.9 Å². The van der Waals surface area contributed by atoms with Crippen LogP contribution in [-0.2, 0) is 4.79 Å². The summed E-state index contributed by atoms with van der Waals surface area (Å²) in [6, 6.07) is 1.37. The highest BCUT2D eigenvalue weighted by Gasteiger charge is 2.09. The zero-order valence-electron chi connectivity index (χ0n) is 10.2. The van der Waals surface area contributed by atoms with Crippen molar-refractivity contribution >= 4 is 11.8 Å². The topological polar surface area (TPSA) is 86.3 Å². The minimum absolute atomic E-state index is 0.0159. The summed E-state index contributed by atoms with van der Waals surface area (Å²) >= 11 is 0. The van der Waals surface area contributed by atoms with Crippen LogP contribution in [0.1, 0.15) is 32.0 Å². The summed E-state index contributed by atoms with van der Waals surface area (Å²) < 4.78 is 0.